The van der Waals surface area contributed by atoms with Crippen molar-refractivity contribution in [2.24, 2.45) is 11.8 Å². The first-order chi connectivity index (χ1) is 12.7. The Hall–Kier alpha value is -3.29. The van der Waals surface area contributed by atoms with E-state index < -0.39 is 0 Å². The van der Waals surface area contributed by atoms with Gasteiger partial charge in [-0.15, -0.1) is 15.3 Å². The fraction of sp³-hybridized carbons (Fsp3) is 0.278. The average Bonchev–Trinajstić information content (AvgIpc) is 3.36. The van der Waals surface area contributed by atoms with Gasteiger partial charge in [0.05, 0.1) is 18.4 Å². The van der Waals surface area contributed by atoms with E-state index >= 15 is 0 Å². The van der Waals surface area contributed by atoms with Crippen molar-refractivity contribution in [1.29, 1.82) is 0 Å². The number of rotatable bonds is 3. The van der Waals surface area contributed by atoms with Crippen LogP contribution in [0.3, 0.4) is 0 Å². The lowest BCUT2D eigenvalue weighted by molar-refractivity contribution is -0.140. The lowest BCUT2D eigenvalue weighted by atomic mass is 10.00. The molecule has 0 bridgehead atoms. The van der Waals surface area contributed by atoms with Crippen LogP contribution in [-0.4, -0.2) is 49.6 Å². The van der Waals surface area contributed by atoms with Gasteiger partial charge in [-0.1, -0.05) is 30.3 Å². The second kappa shape index (κ2) is 5.62. The first-order valence-electron chi connectivity index (χ1n) is 8.52. The summed E-state index contributed by atoms with van der Waals surface area (Å²) >= 11 is 0. The maximum Gasteiger partial charge on any atom is 0.235 e. The highest BCUT2D eigenvalue weighted by Gasteiger charge is 2.52. The number of carbonyl (C=O) groups excluding carboxylic acids is 2. The van der Waals surface area contributed by atoms with Crippen molar-refractivity contribution < 1.29 is 9.59 Å². The quantitative estimate of drug-likeness (QED) is 0.650. The summed E-state index contributed by atoms with van der Waals surface area (Å²) in [5, 5.41) is 12.2. The molecule has 26 heavy (non-hydrogen) atoms. The number of nitrogens with zero attached hydrogens (tertiary/aromatic N) is 6. The van der Waals surface area contributed by atoms with Gasteiger partial charge in [-0.2, -0.15) is 4.52 Å². The molecule has 0 radical (unpaired) electrons. The topological polar surface area (TPSA) is 83.7 Å². The van der Waals surface area contributed by atoms with Gasteiger partial charge < -0.3 is 4.90 Å². The Kier molecular flexibility index (Phi) is 3.24. The molecule has 8 nitrogen and oxygen atoms in total. The number of carbonyl (C=O) groups is 2. The zero-order chi connectivity index (χ0) is 17.7. The molecule has 5 rings (SSSR count). The highest BCUT2D eigenvalue weighted by Crippen LogP contribution is 2.35. The molecular weight excluding hydrogens is 332 g/mol. The molecule has 0 saturated carbocycles. The Morgan fingerprint density at radius 3 is 2.42 bits per heavy atom. The molecule has 2 aliphatic rings. The summed E-state index contributed by atoms with van der Waals surface area (Å²) in [5.74, 6) is -0.0513. The first-order valence-corrected chi connectivity index (χ1v) is 8.52. The molecule has 0 N–H and O–H groups in total. The van der Waals surface area contributed by atoms with Crippen LogP contribution in [0.2, 0.25) is 0 Å². The van der Waals surface area contributed by atoms with Crippen molar-refractivity contribution in [3.05, 3.63) is 54.4 Å². The zero-order valence-electron chi connectivity index (χ0n) is 13.9. The van der Waals surface area contributed by atoms with Gasteiger partial charge in [-0.05, 0) is 17.7 Å². The van der Waals surface area contributed by atoms with Crippen LogP contribution < -0.4 is 4.90 Å². The normalized spacial score (nSPS) is 22.5. The summed E-state index contributed by atoms with van der Waals surface area (Å²) in [5.41, 5.74) is 1.63. The van der Waals surface area contributed by atoms with Gasteiger partial charge >= 0.3 is 0 Å². The highest BCUT2D eigenvalue weighted by molar-refractivity contribution is 6.06. The van der Waals surface area contributed by atoms with Crippen LogP contribution in [0.5, 0.6) is 0 Å². The van der Waals surface area contributed by atoms with Crippen molar-refractivity contribution in [2.75, 3.05) is 18.0 Å². The molecule has 8 heteroatoms. The van der Waals surface area contributed by atoms with Crippen LogP contribution >= 0.6 is 0 Å². The molecule has 1 aromatic carbocycles. The Balaban J connectivity index is 1.36. The second-order valence-electron chi connectivity index (χ2n) is 6.69. The molecule has 2 unspecified atom stereocenters. The van der Waals surface area contributed by atoms with Crippen LogP contribution in [0.15, 0.2) is 48.8 Å². The smallest absolute Gasteiger partial charge is 0.235 e. The van der Waals surface area contributed by atoms with Gasteiger partial charge in [0.25, 0.3) is 0 Å². The van der Waals surface area contributed by atoms with Gasteiger partial charge in [-0.25, -0.2) is 0 Å². The van der Waals surface area contributed by atoms with Crippen molar-refractivity contribution in [2.45, 2.75) is 6.54 Å². The van der Waals surface area contributed by atoms with Crippen molar-refractivity contribution in [3.63, 3.8) is 0 Å². The SMILES string of the molecule is O=C1C2CN(c3ccc4nncn4n3)CC2C(=O)N1Cc1ccccc1. The Labute approximate surface area is 149 Å². The molecule has 2 aliphatic heterocycles. The maximum atomic E-state index is 12.8. The molecule has 0 spiro atoms. The van der Waals surface area contributed by atoms with E-state index in [1.807, 2.05) is 47.4 Å². The molecular formula is C18H16N6O2. The number of aromatic nitrogens is 4. The van der Waals surface area contributed by atoms with Gasteiger partial charge in [0.1, 0.15) is 12.1 Å². The van der Waals surface area contributed by atoms with Crippen molar-refractivity contribution in [1.82, 2.24) is 24.7 Å². The van der Waals surface area contributed by atoms with E-state index in [2.05, 4.69) is 15.3 Å². The van der Waals surface area contributed by atoms with E-state index in [1.54, 1.807) is 4.52 Å². The van der Waals surface area contributed by atoms with Gasteiger partial charge in [-0.3, -0.25) is 14.5 Å². The predicted octanol–water partition coefficient (Wildman–Crippen LogP) is 0.746. The van der Waals surface area contributed by atoms with Crippen LogP contribution in [0.4, 0.5) is 5.82 Å². The molecule has 0 aliphatic carbocycles. The van der Waals surface area contributed by atoms with E-state index in [9.17, 15) is 9.59 Å². The van der Waals surface area contributed by atoms with Gasteiger partial charge in [0.15, 0.2) is 5.65 Å². The van der Waals surface area contributed by atoms with E-state index in [4.69, 9.17) is 0 Å². The number of benzene rings is 1. The molecule has 2 saturated heterocycles. The molecule has 2 aromatic heterocycles. The monoisotopic (exact) mass is 348 g/mol. The average molecular weight is 348 g/mol. The number of fused-ring (bicyclic) bond motifs is 2. The third-order valence-electron chi connectivity index (χ3n) is 5.14. The largest absolute Gasteiger partial charge is 0.354 e. The third-order valence-corrected chi connectivity index (χ3v) is 5.14. The second-order valence-corrected chi connectivity index (χ2v) is 6.69. The third kappa shape index (κ3) is 2.26. The molecule has 2 atom stereocenters. The Bertz CT molecular complexity index is 977. The van der Waals surface area contributed by atoms with Gasteiger partial charge in [0, 0.05) is 13.1 Å². The number of likely N-dealkylation sites (tertiary alicyclic amines) is 1. The van der Waals surface area contributed by atoms with Crippen LogP contribution in [0.25, 0.3) is 5.65 Å². The van der Waals surface area contributed by atoms with E-state index in [0.29, 0.717) is 25.3 Å². The predicted molar refractivity (Wildman–Crippen MR) is 92.0 cm³/mol. The lowest BCUT2D eigenvalue weighted by Gasteiger charge is -2.21. The summed E-state index contributed by atoms with van der Waals surface area (Å²) < 4.78 is 1.59. The number of anilines is 1. The first kappa shape index (κ1) is 15.0. The number of amides is 2. The maximum absolute atomic E-state index is 12.8. The molecule has 4 heterocycles. The minimum Gasteiger partial charge on any atom is -0.354 e. The summed E-state index contributed by atoms with van der Waals surface area (Å²) in [4.78, 5) is 29.0. The fourth-order valence-corrected chi connectivity index (χ4v) is 3.81. The Morgan fingerprint density at radius 2 is 1.69 bits per heavy atom. The number of imide groups is 1. The summed E-state index contributed by atoms with van der Waals surface area (Å²) in [6.07, 6.45) is 1.54. The lowest BCUT2D eigenvalue weighted by Crippen LogP contribution is -2.36. The number of hydrogen-bond acceptors (Lipinski definition) is 6. The molecule has 2 fully saturated rings. The van der Waals surface area contributed by atoms with Gasteiger partial charge in [0.2, 0.25) is 11.8 Å². The van der Waals surface area contributed by atoms with Crippen LogP contribution in [-0.2, 0) is 16.1 Å². The molecule has 3 aromatic rings. The summed E-state index contributed by atoms with van der Waals surface area (Å²) in [6.45, 7) is 1.35. The Morgan fingerprint density at radius 1 is 0.962 bits per heavy atom. The highest BCUT2D eigenvalue weighted by atomic mass is 16.2. The van der Waals surface area contributed by atoms with E-state index in [0.717, 1.165) is 11.4 Å². The molecule has 2 amide bonds. The summed E-state index contributed by atoms with van der Waals surface area (Å²) in [6, 6.07) is 13.3. The van der Waals surface area contributed by atoms with Crippen LogP contribution in [0.1, 0.15) is 5.56 Å². The fourth-order valence-electron chi connectivity index (χ4n) is 3.81. The molecule has 130 valence electrons. The minimum atomic E-state index is -0.301. The van der Waals surface area contributed by atoms with Crippen molar-refractivity contribution in [3.8, 4) is 0 Å². The van der Waals surface area contributed by atoms with Crippen LogP contribution in [0, 0.1) is 11.8 Å². The zero-order valence-corrected chi connectivity index (χ0v) is 13.9. The van der Waals surface area contributed by atoms with E-state index in [1.165, 1.54) is 11.2 Å². The van der Waals surface area contributed by atoms with E-state index in [-0.39, 0.29) is 23.7 Å². The summed E-state index contributed by atoms with van der Waals surface area (Å²) in [7, 11) is 0. The number of hydrogen-bond donors (Lipinski definition) is 0. The van der Waals surface area contributed by atoms with Crippen molar-refractivity contribution >= 4 is 23.3 Å². The minimum absolute atomic E-state index is 0.0864. The standard InChI is InChI=1S/C18H16N6O2/c25-17-13-9-22(16-7-6-15-20-19-11-24(15)21-16)10-14(13)18(26)23(17)8-12-4-2-1-3-5-12/h1-7,11,13-14H,8-10H2.